The van der Waals surface area contributed by atoms with Gasteiger partial charge in [-0.3, -0.25) is 14.6 Å². The third-order valence-electron chi connectivity index (χ3n) is 6.47. The van der Waals surface area contributed by atoms with Crippen molar-refractivity contribution in [1.82, 2.24) is 4.98 Å². The van der Waals surface area contributed by atoms with Gasteiger partial charge in [-0.25, -0.2) is 0 Å². The number of benzene rings is 3. The van der Waals surface area contributed by atoms with Crippen LogP contribution in [0.3, 0.4) is 0 Å². The lowest BCUT2D eigenvalue weighted by atomic mass is 9.76. The lowest BCUT2D eigenvalue weighted by Crippen LogP contribution is -2.43. The Morgan fingerprint density at radius 2 is 1.58 bits per heavy atom. The zero-order chi connectivity index (χ0) is 27.2. The lowest BCUT2D eigenvalue weighted by molar-refractivity contribution is -0.147. The van der Waals surface area contributed by atoms with Gasteiger partial charge < -0.3 is 10.1 Å². The molecule has 1 N–H and O–H groups in total. The molecule has 0 aliphatic carbocycles. The number of carbonyl (C=O) groups excluding carboxylic acids is 2. The van der Waals surface area contributed by atoms with Crippen LogP contribution in [0.5, 0.6) is 0 Å². The van der Waals surface area contributed by atoms with E-state index in [1.807, 2.05) is 42.5 Å². The van der Waals surface area contributed by atoms with E-state index in [9.17, 15) is 22.8 Å². The molecule has 4 aromatic rings. The molecular formula is C30H27F3N2O3. The minimum atomic E-state index is -4.47. The number of nitrogens with zero attached hydrogens (tertiary/aromatic N) is 1. The number of aromatic nitrogens is 1. The first kappa shape index (κ1) is 26.9. The zero-order valence-electron chi connectivity index (χ0n) is 20.8. The Balaban J connectivity index is 1.72. The van der Waals surface area contributed by atoms with Crippen LogP contribution < -0.4 is 5.32 Å². The molecule has 8 heteroatoms. The molecule has 5 nitrogen and oxygen atoms in total. The molecule has 0 aliphatic rings. The zero-order valence-corrected chi connectivity index (χ0v) is 20.8. The topological polar surface area (TPSA) is 68.3 Å². The van der Waals surface area contributed by atoms with E-state index < -0.39 is 29.0 Å². The van der Waals surface area contributed by atoms with E-state index >= 15 is 0 Å². The highest BCUT2D eigenvalue weighted by Gasteiger charge is 2.40. The molecule has 0 bridgehead atoms. The Hall–Kier alpha value is -4.20. The molecule has 0 fully saturated rings. The third kappa shape index (κ3) is 6.56. The minimum Gasteiger partial charge on any atom is -0.465 e. The monoisotopic (exact) mass is 520 g/mol. The quantitative estimate of drug-likeness (QED) is 0.252. The Bertz CT molecular complexity index is 1400. The van der Waals surface area contributed by atoms with E-state index in [1.165, 1.54) is 19.1 Å². The summed E-state index contributed by atoms with van der Waals surface area (Å²) < 4.78 is 44.8. The van der Waals surface area contributed by atoms with Crippen molar-refractivity contribution in [3.63, 3.8) is 0 Å². The number of hydrogen-bond acceptors (Lipinski definition) is 4. The molecule has 1 atom stereocenters. The average molecular weight is 521 g/mol. The molecule has 0 radical (unpaired) electrons. The number of rotatable bonds is 9. The summed E-state index contributed by atoms with van der Waals surface area (Å²) in [6, 6.07) is 23.3. The molecule has 4 rings (SSSR count). The predicted octanol–water partition coefficient (Wildman–Crippen LogP) is 6.62. The summed E-state index contributed by atoms with van der Waals surface area (Å²) in [6.07, 6.45) is -2.00. The fourth-order valence-electron chi connectivity index (χ4n) is 4.40. The number of aryl methyl sites for hydroxylation is 1. The molecule has 0 spiro atoms. The Labute approximate surface area is 218 Å². The average Bonchev–Trinajstić information content (AvgIpc) is 2.91. The van der Waals surface area contributed by atoms with Crippen LogP contribution in [0.4, 0.5) is 18.9 Å². The van der Waals surface area contributed by atoms with Crippen molar-refractivity contribution in [3.05, 3.63) is 108 Å². The maximum atomic E-state index is 14.0. The number of fused-ring (bicyclic) bond motifs is 1. The van der Waals surface area contributed by atoms with Gasteiger partial charge in [0.15, 0.2) is 0 Å². The second kappa shape index (κ2) is 11.5. The van der Waals surface area contributed by atoms with Crippen molar-refractivity contribution < 1.29 is 27.5 Å². The molecular weight excluding hydrogens is 493 g/mol. The van der Waals surface area contributed by atoms with E-state index in [2.05, 4.69) is 10.3 Å². The van der Waals surface area contributed by atoms with Crippen LogP contribution in [0, 0.1) is 5.41 Å². The SMILES string of the molecule is CC(=O)OCC(CCc1ccccc1)(Cc1ccc(C(F)(F)F)cc1)C(=O)Nc1cccc2cccnc12. The van der Waals surface area contributed by atoms with Gasteiger partial charge in [-0.2, -0.15) is 13.2 Å². The summed E-state index contributed by atoms with van der Waals surface area (Å²) in [6.45, 7) is 1.02. The van der Waals surface area contributed by atoms with E-state index in [4.69, 9.17) is 4.74 Å². The predicted molar refractivity (Wildman–Crippen MR) is 139 cm³/mol. The molecule has 1 unspecified atom stereocenters. The number of para-hydroxylation sites is 1. The summed E-state index contributed by atoms with van der Waals surface area (Å²) in [5, 5.41) is 3.81. The van der Waals surface area contributed by atoms with Crippen molar-refractivity contribution in [1.29, 1.82) is 0 Å². The molecule has 3 aromatic carbocycles. The first-order valence-corrected chi connectivity index (χ1v) is 12.1. The van der Waals surface area contributed by atoms with E-state index in [0.29, 0.717) is 23.2 Å². The number of nitrogens with one attached hydrogen (secondary N) is 1. The largest absolute Gasteiger partial charge is 0.465 e. The summed E-state index contributed by atoms with van der Waals surface area (Å²) in [4.78, 5) is 30.3. The van der Waals surface area contributed by atoms with Crippen molar-refractivity contribution >= 4 is 28.5 Å². The Morgan fingerprint density at radius 3 is 2.26 bits per heavy atom. The van der Waals surface area contributed by atoms with E-state index in [1.54, 1.807) is 24.4 Å². The maximum Gasteiger partial charge on any atom is 0.416 e. The van der Waals surface area contributed by atoms with Crippen molar-refractivity contribution in [2.24, 2.45) is 5.41 Å². The highest BCUT2D eigenvalue weighted by Crippen LogP contribution is 2.35. The minimum absolute atomic E-state index is 0.0648. The van der Waals surface area contributed by atoms with E-state index in [0.717, 1.165) is 23.1 Å². The third-order valence-corrected chi connectivity index (χ3v) is 6.47. The van der Waals surface area contributed by atoms with Gasteiger partial charge in [0.05, 0.1) is 22.2 Å². The Kier molecular flexibility index (Phi) is 8.10. The highest BCUT2D eigenvalue weighted by molar-refractivity contribution is 6.02. The summed E-state index contributed by atoms with van der Waals surface area (Å²) in [7, 11) is 0. The fourth-order valence-corrected chi connectivity index (χ4v) is 4.40. The van der Waals surface area contributed by atoms with Crippen LogP contribution in [0.15, 0.2) is 91.1 Å². The number of esters is 1. The molecule has 1 amide bonds. The second-order valence-corrected chi connectivity index (χ2v) is 9.25. The van der Waals surface area contributed by atoms with Gasteiger partial charge in [0.25, 0.3) is 0 Å². The molecule has 0 aliphatic heterocycles. The van der Waals surface area contributed by atoms with Crippen LogP contribution in [0.1, 0.15) is 30.0 Å². The van der Waals surface area contributed by atoms with Crippen LogP contribution in [-0.2, 0) is 33.3 Å². The number of halogens is 3. The smallest absolute Gasteiger partial charge is 0.416 e. The lowest BCUT2D eigenvalue weighted by Gasteiger charge is -2.32. The molecule has 0 saturated carbocycles. The van der Waals surface area contributed by atoms with Crippen molar-refractivity contribution in [3.8, 4) is 0 Å². The number of pyridine rings is 1. The standard InChI is InChI=1S/C30H27F3N2O3/c1-21(36)38-20-29(17-16-22-7-3-2-4-8-22,19-23-12-14-25(15-13-23)30(31,32)33)28(37)35-26-11-5-9-24-10-6-18-34-27(24)26/h2-15,18H,16-17,19-20H2,1H3,(H,35,37). The van der Waals surface area contributed by atoms with Crippen LogP contribution in [0.2, 0.25) is 0 Å². The van der Waals surface area contributed by atoms with Crippen molar-refractivity contribution in [2.45, 2.75) is 32.4 Å². The summed E-state index contributed by atoms with van der Waals surface area (Å²) in [5.74, 6) is -0.964. The van der Waals surface area contributed by atoms with Crippen LogP contribution >= 0.6 is 0 Å². The number of alkyl halides is 3. The first-order valence-electron chi connectivity index (χ1n) is 12.1. The summed E-state index contributed by atoms with van der Waals surface area (Å²) in [5.41, 5.74) is 0.548. The van der Waals surface area contributed by atoms with Gasteiger partial charge in [-0.15, -0.1) is 0 Å². The molecule has 0 saturated heterocycles. The first-order chi connectivity index (χ1) is 18.2. The number of anilines is 1. The number of hydrogen-bond donors (Lipinski definition) is 1. The molecule has 1 aromatic heterocycles. The second-order valence-electron chi connectivity index (χ2n) is 9.25. The highest BCUT2D eigenvalue weighted by atomic mass is 19.4. The van der Waals surface area contributed by atoms with E-state index in [-0.39, 0.29) is 19.4 Å². The normalized spacial score (nSPS) is 13.1. The van der Waals surface area contributed by atoms with Crippen molar-refractivity contribution in [2.75, 3.05) is 11.9 Å². The fraction of sp³-hybridized carbons (Fsp3) is 0.233. The van der Waals surface area contributed by atoms with Gasteiger partial charge >= 0.3 is 12.1 Å². The van der Waals surface area contributed by atoms with Crippen LogP contribution in [-0.4, -0.2) is 23.5 Å². The van der Waals surface area contributed by atoms with Gasteiger partial charge in [0, 0.05) is 18.5 Å². The van der Waals surface area contributed by atoms with Gasteiger partial charge in [-0.05, 0) is 54.7 Å². The van der Waals surface area contributed by atoms with Gasteiger partial charge in [0.1, 0.15) is 6.61 Å². The molecule has 38 heavy (non-hydrogen) atoms. The maximum absolute atomic E-state index is 14.0. The van der Waals surface area contributed by atoms with Gasteiger partial charge in [-0.1, -0.05) is 60.7 Å². The summed E-state index contributed by atoms with van der Waals surface area (Å²) >= 11 is 0. The number of amides is 1. The van der Waals surface area contributed by atoms with Gasteiger partial charge in [0.2, 0.25) is 5.91 Å². The number of ether oxygens (including phenoxy) is 1. The Morgan fingerprint density at radius 1 is 0.868 bits per heavy atom. The van der Waals surface area contributed by atoms with Crippen LogP contribution in [0.25, 0.3) is 10.9 Å². The molecule has 1 heterocycles. The molecule has 196 valence electrons. The number of carbonyl (C=O) groups is 2.